The van der Waals surface area contributed by atoms with Crippen LogP contribution in [0.3, 0.4) is 0 Å². The molecule has 4 rings (SSSR count). The normalized spacial score (nSPS) is 21.0. The lowest BCUT2D eigenvalue weighted by molar-refractivity contribution is 0.722. The van der Waals surface area contributed by atoms with Gasteiger partial charge in [0.2, 0.25) is 0 Å². The molecule has 2 aromatic carbocycles. The molecule has 2 aromatic rings. The van der Waals surface area contributed by atoms with Crippen molar-refractivity contribution in [1.82, 2.24) is 0 Å². The van der Waals surface area contributed by atoms with Gasteiger partial charge in [0.05, 0.1) is 0 Å². The minimum Gasteiger partial charge on any atom is -0.0581 e. The van der Waals surface area contributed by atoms with Crippen molar-refractivity contribution in [3.05, 3.63) is 47.5 Å². The van der Waals surface area contributed by atoms with E-state index in [4.69, 9.17) is 0 Å². The molecule has 20 heavy (non-hydrogen) atoms. The van der Waals surface area contributed by atoms with Crippen LogP contribution in [0.15, 0.2) is 36.4 Å². The Balaban J connectivity index is 1.67. The summed E-state index contributed by atoms with van der Waals surface area (Å²) < 4.78 is 0. The van der Waals surface area contributed by atoms with Crippen LogP contribution in [0.5, 0.6) is 0 Å². The maximum atomic E-state index is 2.45. The van der Waals surface area contributed by atoms with Crippen LogP contribution in [0.25, 0.3) is 10.8 Å². The van der Waals surface area contributed by atoms with Crippen LogP contribution in [0.2, 0.25) is 0 Å². The first-order valence-corrected chi connectivity index (χ1v) is 8.44. The van der Waals surface area contributed by atoms with Crippen LogP contribution in [-0.4, -0.2) is 0 Å². The lowest BCUT2D eigenvalue weighted by Gasteiger charge is -2.13. The molecule has 0 aliphatic heterocycles. The second kappa shape index (κ2) is 5.24. The van der Waals surface area contributed by atoms with Crippen molar-refractivity contribution in [3.63, 3.8) is 0 Å². The van der Waals surface area contributed by atoms with Crippen molar-refractivity contribution in [2.45, 2.75) is 63.2 Å². The number of hydrogen-bond donors (Lipinski definition) is 0. The highest BCUT2D eigenvalue weighted by Gasteiger charge is 2.19. The molecule has 2 fully saturated rings. The van der Waals surface area contributed by atoms with Crippen LogP contribution in [0.1, 0.15) is 74.3 Å². The van der Waals surface area contributed by atoms with Gasteiger partial charge in [-0.05, 0) is 59.4 Å². The summed E-state index contributed by atoms with van der Waals surface area (Å²) in [6.07, 6.45) is 11.3. The second-order valence-electron chi connectivity index (χ2n) is 6.83. The molecular weight excluding hydrogens is 240 g/mol. The van der Waals surface area contributed by atoms with Crippen molar-refractivity contribution < 1.29 is 0 Å². The van der Waals surface area contributed by atoms with Crippen molar-refractivity contribution in [2.75, 3.05) is 0 Å². The predicted molar refractivity (Wildman–Crippen MR) is 86.4 cm³/mol. The second-order valence-corrected chi connectivity index (χ2v) is 6.83. The third-order valence-electron chi connectivity index (χ3n) is 5.54. The molecule has 0 nitrogen and oxygen atoms in total. The first-order chi connectivity index (χ1) is 9.90. The summed E-state index contributed by atoms with van der Waals surface area (Å²) in [4.78, 5) is 0. The summed E-state index contributed by atoms with van der Waals surface area (Å²) in [6.45, 7) is 0. The van der Waals surface area contributed by atoms with E-state index in [1.165, 1.54) is 62.1 Å². The number of rotatable bonds is 2. The van der Waals surface area contributed by atoms with Crippen molar-refractivity contribution in [2.24, 2.45) is 0 Å². The largest absolute Gasteiger partial charge is 0.0581 e. The lowest BCUT2D eigenvalue weighted by Crippen LogP contribution is -1.94. The molecule has 0 radical (unpaired) electrons. The summed E-state index contributed by atoms with van der Waals surface area (Å²) in [5.74, 6) is 1.66. The van der Waals surface area contributed by atoms with Gasteiger partial charge in [0.1, 0.15) is 0 Å². The highest BCUT2D eigenvalue weighted by Crippen LogP contribution is 2.37. The van der Waals surface area contributed by atoms with Crippen molar-refractivity contribution in [1.29, 1.82) is 0 Å². The van der Waals surface area contributed by atoms with Crippen molar-refractivity contribution in [3.8, 4) is 0 Å². The van der Waals surface area contributed by atoms with E-state index in [1.54, 1.807) is 11.1 Å². The molecule has 2 aliphatic rings. The lowest BCUT2D eigenvalue weighted by atomic mass is 9.92. The van der Waals surface area contributed by atoms with E-state index in [0.717, 1.165) is 11.8 Å². The molecule has 0 saturated heterocycles. The number of fused-ring (bicyclic) bond motifs is 1. The van der Waals surface area contributed by atoms with Crippen LogP contribution in [-0.2, 0) is 0 Å². The minimum atomic E-state index is 0.828. The zero-order valence-corrected chi connectivity index (χ0v) is 12.3. The number of benzene rings is 2. The SMILES string of the molecule is c1cc2cc(C3CCCC3)ccc2cc1C1CCCC1. The van der Waals surface area contributed by atoms with E-state index in [0.29, 0.717) is 0 Å². The Morgan fingerprint density at radius 3 is 1.35 bits per heavy atom. The highest BCUT2D eigenvalue weighted by atomic mass is 14.2. The average Bonchev–Trinajstić information content (AvgIpc) is 3.19. The molecule has 0 spiro atoms. The van der Waals surface area contributed by atoms with Gasteiger partial charge in [-0.15, -0.1) is 0 Å². The van der Waals surface area contributed by atoms with Gasteiger partial charge in [0.15, 0.2) is 0 Å². The summed E-state index contributed by atoms with van der Waals surface area (Å²) >= 11 is 0. The van der Waals surface area contributed by atoms with Gasteiger partial charge >= 0.3 is 0 Å². The molecule has 0 amide bonds. The minimum absolute atomic E-state index is 0.828. The van der Waals surface area contributed by atoms with Gasteiger partial charge in [0, 0.05) is 0 Å². The summed E-state index contributed by atoms with van der Waals surface area (Å²) in [5.41, 5.74) is 3.15. The fraction of sp³-hybridized carbons (Fsp3) is 0.500. The fourth-order valence-electron chi connectivity index (χ4n) is 4.31. The summed E-state index contributed by atoms with van der Waals surface area (Å²) in [6, 6.07) is 14.4. The van der Waals surface area contributed by atoms with E-state index in [2.05, 4.69) is 36.4 Å². The Morgan fingerprint density at radius 1 is 0.550 bits per heavy atom. The smallest absolute Gasteiger partial charge is 0.0162 e. The molecule has 0 N–H and O–H groups in total. The molecule has 0 heterocycles. The third kappa shape index (κ3) is 2.26. The molecule has 2 saturated carbocycles. The fourth-order valence-corrected chi connectivity index (χ4v) is 4.31. The first kappa shape index (κ1) is 12.4. The zero-order chi connectivity index (χ0) is 13.4. The zero-order valence-electron chi connectivity index (χ0n) is 12.3. The van der Waals surface area contributed by atoms with Gasteiger partial charge in [-0.3, -0.25) is 0 Å². The van der Waals surface area contributed by atoms with Gasteiger partial charge in [-0.2, -0.15) is 0 Å². The van der Waals surface area contributed by atoms with Crippen LogP contribution < -0.4 is 0 Å². The Labute approximate surface area is 122 Å². The molecule has 0 bridgehead atoms. The molecule has 0 aromatic heterocycles. The Morgan fingerprint density at radius 2 is 0.950 bits per heavy atom. The molecule has 0 atom stereocenters. The standard InChI is InChI=1S/C20H24/c1-2-6-15(5-1)17-9-11-20-14-18(10-12-19(20)13-17)16-7-3-4-8-16/h9-16H,1-8H2. The van der Waals surface area contributed by atoms with E-state index >= 15 is 0 Å². The summed E-state index contributed by atoms with van der Waals surface area (Å²) in [5, 5.41) is 2.88. The van der Waals surface area contributed by atoms with E-state index < -0.39 is 0 Å². The Hall–Kier alpha value is -1.30. The number of hydrogen-bond acceptors (Lipinski definition) is 0. The summed E-state index contributed by atoms with van der Waals surface area (Å²) in [7, 11) is 0. The van der Waals surface area contributed by atoms with Crippen LogP contribution >= 0.6 is 0 Å². The van der Waals surface area contributed by atoms with Crippen molar-refractivity contribution >= 4 is 10.8 Å². The maximum absolute atomic E-state index is 2.45. The Bertz CT molecular complexity index is 543. The molecule has 2 aliphatic carbocycles. The van der Waals surface area contributed by atoms with E-state index in [1.807, 2.05) is 0 Å². The van der Waals surface area contributed by atoms with E-state index in [9.17, 15) is 0 Å². The molecule has 0 unspecified atom stereocenters. The third-order valence-corrected chi connectivity index (χ3v) is 5.54. The van der Waals surface area contributed by atoms with Crippen LogP contribution in [0, 0.1) is 0 Å². The Kier molecular flexibility index (Phi) is 3.26. The first-order valence-electron chi connectivity index (χ1n) is 8.44. The quantitative estimate of drug-likeness (QED) is 0.609. The highest BCUT2D eigenvalue weighted by molar-refractivity contribution is 5.84. The molecular formula is C20H24. The van der Waals surface area contributed by atoms with Gasteiger partial charge in [0.25, 0.3) is 0 Å². The monoisotopic (exact) mass is 264 g/mol. The van der Waals surface area contributed by atoms with Crippen LogP contribution in [0.4, 0.5) is 0 Å². The van der Waals surface area contributed by atoms with Gasteiger partial charge in [-0.1, -0.05) is 62.1 Å². The van der Waals surface area contributed by atoms with Gasteiger partial charge < -0.3 is 0 Å². The maximum Gasteiger partial charge on any atom is -0.0162 e. The molecule has 104 valence electrons. The van der Waals surface area contributed by atoms with E-state index in [-0.39, 0.29) is 0 Å². The molecule has 0 heteroatoms. The topological polar surface area (TPSA) is 0 Å². The average molecular weight is 264 g/mol. The predicted octanol–water partition coefficient (Wildman–Crippen LogP) is 6.16. The van der Waals surface area contributed by atoms with Gasteiger partial charge in [-0.25, -0.2) is 0 Å².